The zero-order valence-electron chi connectivity index (χ0n) is 8.74. The van der Waals surface area contributed by atoms with E-state index in [1.807, 2.05) is 12.3 Å². The molecule has 16 heavy (non-hydrogen) atoms. The Bertz CT molecular complexity index is 504. The molecule has 0 saturated heterocycles. The smallest absolute Gasteiger partial charge is 0.168 e. The van der Waals surface area contributed by atoms with Crippen LogP contribution < -0.4 is 0 Å². The molecule has 0 fully saturated rings. The van der Waals surface area contributed by atoms with Gasteiger partial charge in [-0.15, -0.1) is 11.3 Å². The molecule has 4 heteroatoms. The molecule has 0 spiro atoms. The van der Waals surface area contributed by atoms with Crippen LogP contribution in [0.3, 0.4) is 0 Å². The summed E-state index contributed by atoms with van der Waals surface area (Å²) in [6.45, 7) is 1.90. The molecule has 1 heterocycles. The lowest BCUT2D eigenvalue weighted by Crippen LogP contribution is -2.03. The number of aromatic nitrogens is 1. The lowest BCUT2D eigenvalue weighted by atomic mass is 10.1. The van der Waals surface area contributed by atoms with Crippen LogP contribution in [0.5, 0.6) is 0 Å². The van der Waals surface area contributed by atoms with Crippen molar-refractivity contribution in [1.82, 2.24) is 4.98 Å². The van der Waals surface area contributed by atoms with Gasteiger partial charge in [0, 0.05) is 10.9 Å². The summed E-state index contributed by atoms with van der Waals surface area (Å²) in [7, 11) is 0. The fourth-order valence-corrected chi connectivity index (χ4v) is 2.00. The first kappa shape index (κ1) is 11.0. The lowest BCUT2D eigenvalue weighted by molar-refractivity contribution is 0.0992. The summed E-state index contributed by atoms with van der Waals surface area (Å²) >= 11 is 1.52. The summed E-state index contributed by atoms with van der Waals surface area (Å²) in [6.07, 6.45) is 0.274. The summed E-state index contributed by atoms with van der Waals surface area (Å²) in [6, 6.07) is 5.58. The average Bonchev–Trinajstić information content (AvgIpc) is 2.65. The predicted molar refractivity (Wildman–Crippen MR) is 61.3 cm³/mol. The molecule has 82 valence electrons. The van der Waals surface area contributed by atoms with E-state index >= 15 is 0 Å². The highest BCUT2D eigenvalue weighted by Crippen LogP contribution is 2.12. The molecule has 0 atom stereocenters. The number of ketones is 1. The molecule has 2 nitrogen and oxygen atoms in total. The second-order valence-electron chi connectivity index (χ2n) is 3.46. The molecule has 0 N–H and O–H groups in total. The second-order valence-corrected chi connectivity index (χ2v) is 4.53. The van der Waals surface area contributed by atoms with Gasteiger partial charge in [0.25, 0.3) is 0 Å². The molecule has 0 aliphatic heterocycles. The summed E-state index contributed by atoms with van der Waals surface area (Å²) < 4.78 is 12.7. The molecular weight excluding hydrogens is 225 g/mol. The van der Waals surface area contributed by atoms with Crippen LogP contribution in [0.4, 0.5) is 4.39 Å². The number of nitrogens with zero attached hydrogens (tertiary/aromatic N) is 1. The van der Waals surface area contributed by atoms with Gasteiger partial charge >= 0.3 is 0 Å². The summed E-state index contributed by atoms with van der Waals surface area (Å²) in [5, 5.41) is 2.82. The van der Waals surface area contributed by atoms with E-state index in [1.54, 1.807) is 0 Å². The Morgan fingerprint density at radius 3 is 2.62 bits per heavy atom. The van der Waals surface area contributed by atoms with Crippen LogP contribution >= 0.6 is 11.3 Å². The van der Waals surface area contributed by atoms with Crippen molar-refractivity contribution in [3.8, 4) is 0 Å². The highest BCUT2D eigenvalue weighted by atomic mass is 32.1. The van der Waals surface area contributed by atoms with Crippen LogP contribution in [0, 0.1) is 12.7 Å². The van der Waals surface area contributed by atoms with Crippen LogP contribution in [0.2, 0.25) is 0 Å². The first-order chi connectivity index (χ1) is 7.65. The minimum absolute atomic E-state index is 0.0368. The number of thiazole rings is 1. The maximum Gasteiger partial charge on any atom is 0.168 e. The first-order valence-corrected chi connectivity index (χ1v) is 5.73. The molecule has 0 saturated carbocycles. The van der Waals surface area contributed by atoms with E-state index in [-0.39, 0.29) is 18.0 Å². The Kier molecular flexibility index (Phi) is 3.10. The van der Waals surface area contributed by atoms with E-state index in [0.29, 0.717) is 5.56 Å². The highest BCUT2D eigenvalue weighted by molar-refractivity contribution is 7.09. The number of aryl methyl sites for hydroxylation is 1. The zero-order valence-corrected chi connectivity index (χ0v) is 9.55. The van der Waals surface area contributed by atoms with Crippen molar-refractivity contribution in [2.24, 2.45) is 0 Å². The fourth-order valence-electron chi connectivity index (χ4n) is 1.39. The van der Waals surface area contributed by atoms with Crippen molar-refractivity contribution in [3.63, 3.8) is 0 Å². The summed E-state index contributed by atoms with van der Waals surface area (Å²) in [5.74, 6) is -0.369. The highest BCUT2D eigenvalue weighted by Gasteiger charge is 2.09. The van der Waals surface area contributed by atoms with Gasteiger partial charge in [0.1, 0.15) is 5.82 Å². The SMILES string of the molecule is Cc1nc(CC(=O)c2ccc(F)cc2)cs1. The van der Waals surface area contributed by atoms with Gasteiger partial charge in [0.05, 0.1) is 17.1 Å². The number of hydrogen-bond donors (Lipinski definition) is 0. The minimum atomic E-state index is -0.332. The molecule has 1 aromatic carbocycles. The van der Waals surface area contributed by atoms with Crippen LogP contribution in [0.25, 0.3) is 0 Å². The van der Waals surface area contributed by atoms with Crippen molar-refractivity contribution >= 4 is 17.1 Å². The van der Waals surface area contributed by atoms with Gasteiger partial charge in [0.15, 0.2) is 5.78 Å². The number of halogens is 1. The topological polar surface area (TPSA) is 30.0 Å². The lowest BCUT2D eigenvalue weighted by Gasteiger charge is -1.98. The van der Waals surface area contributed by atoms with Crippen molar-refractivity contribution in [2.45, 2.75) is 13.3 Å². The largest absolute Gasteiger partial charge is 0.294 e. The Morgan fingerprint density at radius 1 is 1.38 bits per heavy atom. The predicted octanol–water partition coefficient (Wildman–Crippen LogP) is 3.02. The quantitative estimate of drug-likeness (QED) is 0.765. The van der Waals surface area contributed by atoms with Crippen molar-refractivity contribution in [3.05, 3.63) is 51.7 Å². The van der Waals surface area contributed by atoms with Gasteiger partial charge in [-0.2, -0.15) is 0 Å². The van der Waals surface area contributed by atoms with Crippen molar-refractivity contribution < 1.29 is 9.18 Å². The second kappa shape index (κ2) is 4.53. The third kappa shape index (κ3) is 2.52. The van der Waals surface area contributed by atoms with Gasteiger partial charge in [-0.3, -0.25) is 4.79 Å². The summed E-state index contributed by atoms with van der Waals surface area (Å²) in [5.41, 5.74) is 1.30. The third-order valence-corrected chi connectivity index (χ3v) is 3.00. The van der Waals surface area contributed by atoms with Crippen LogP contribution in [0.1, 0.15) is 21.1 Å². The monoisotopic (exact) mass is 235 g/mol. The Labute approximate surface area is 96.8 Å². The molecule has 0 unspecified atom stereocenters. The van der Waals surface area contributed by atoms with E-state index in [2.05, 4.69) is 4.98 Å². The van der Waals surface area contributed by atoms with Crippen molar-refractivity contribution in [1.29, 1.82) is 0 Å². The number of rotatable bonds is 3. The molecule has 0 aliphatic rings. The molecule has 0 radical (unpaired) electrons. The zero-order chi connectivity index (χ0) is 11.5. The normalized spacial score (nSPS) is 10.4. The molecule has 1 aromatic heterocycles. The molecule has 2 rings (SSSR count). The van der Waals surface area contributed by atoms with Crippen LogP contribution in [-0.2, 0) is 6.42 Å². The van der Waals surface area contributed by atoms with Crippen LogP contribution in [0.15, 0.2) is 29.6 Å². The van der Waals surface area contributed by atoms with Gasteiger partial charge in [-0.05, 0) is 31.2 Å². The van der Waals surface area contributed by atoms with Crippen molar-refractivity contribution in [2.75, 3.05) is 0 Å². The third-order valence-electron chi connectivity index (χ3n) is 2.17. The number of hydrogen-bond acceptors (Lipinski definition) is 3. The van der Waals surface area contributed by atoms with E-state index < -0.39 is 0 Å². The molecule has 2 aromatic rings. The Morgan fingerprint density at radius 2 is 2.06 bits per heavy atom. The van der Waals surface area contributed by atoms with Gasteiger partial charge in [-0.25, -0.2) is 9.37 Å². The average molecular weight is 235 g/mol. The van der Waals surface area contributed by atoms with E-state index in [4.69, 9.17) is 0 Å². The molecule has 0 bridgehead atoms. The fraction of sp³-hybridized carbons (Fsp3) is 0.167. The van der Waals surface area contributed by atoms with Crippen LogP contribution in [-0.4, -0.2) is 10.8 Å². The molecule has 0 aliphatic carbocycles. The maximum atomic E-state index is 12.7. The Hall–Kier alpha value is -1.55. The van der Waals surface area contributed by atoms with E-state index in [0.717, 1.165) is 10.7 Å². The number of benzene rings is 1. The molecular formula is C12H10FNOS. The van der Waals surface area contributed by atoms with Gasteiger partial charge in [-0.1, -0.05) is 0 Å². The van der Waals surface area contributed by atoms with E-state index in [9.17, 15) is 9.18 Å². The number of carbonyl (C=O) groups is 1. The maximum absolute atomic E-state index is 12.7. The standard InChI is InChI=1S/C12H10FNOS/c1-8-14-11(7-16-8)6-12(15)9-2-4-10(13)5-3-9/h2-5,7H,6H2,1H3. The number of Topliss-reactive ketones (excluding diaryl/α,β-unsaturated/α-hetero) is 1. The van der Waals surface area contributed by atoms with E-state index in [1.165, 1.54) is 35.6 Å². The first-order valence-electron chi connectivity index (χ1n) is 4.85. The minimum Gasteiger partial charge on any atom is -0.294 e. The summed E-state index contributed by atoms with van der Waals surface area (Å²) in [4.78, 5) is 16.0. The molecule has 0 amide bonds. The Balaban J connectivity index is 2.11. The number of carbonyl (C=O) groups excluding carboxylic acids is 1. The van der Waals surface area contributed by atoms with Gasteiger partial charge < -0.3 is 0 Å². The van der Waals surface area contributed by atoms with Gasteiger partial charge in [0.2, 0.25) is 0 Å².